The fourth-order valence-electron chi connectivity index (χ4n) is 0.530. The molecular formula is C5H7BN2O2. The molecule has 0 aliphatic carbocycles. The van der Waals surface area contributed by atoms with Gasteiger partial charge in [0.25, 0.3) is 0 Å². The van der Waals surface area contributed by atoms with E-state index in [9.17, 15) is 0 Å². The zero-order valence-corrected chi connectivity index (χ0v) is 5.61. The van der Waals surface area contributed by atoms with E-state index in [1.165, 1.54) is 19.5 Å². The Kier molecular flexibility index (Phi) is 2.22. The molecule has 0 atom stereocenters. The van der Waals surface area contributed by atoms with Crippen LogP contribution in [0.4, 0.5) is 0 Å². The fraction of sp³-hybridized carbons (Fsp3) is 0.200. The molecule has 0 aliphatic rings. The van der Waals surface area contributed by atoms with Crippen molar-refractivity contribution in [1.82, 2.24) is 9.97 Å². The van der Waals surface area contributed by atoms with E-state index in [0.717, 1.165) is 0 Å². The number of ether oxygens (including phenoxy) is 1. The van der Waals surface area contributed by atoms with E-state index in [1.807, 2.05) is 0 Å². The predicted octanol–water partition coefficient (Wildman–Crippen LogP) is -1.55. The molecule has 52 valence electrons. The van der Waals surface area contributed by atoms with Gasteiger partial charge in [-0.1, -0.05) is 0 Å². The van der Waals surface area contributed by atoms with Gasteiger partial charge < -0.3 is 9.76 Å². The van der Waals surface area contributed by atoms with Crippen LogP contribution in [0.5, 0.6) is 6.01 Å². The van der Waals surface area contributed by atoms with E-state index in [0.29, 0.717) is 11.5 Å². The van der Waals surface area contributed by atoms with E-state index >= 15 is 0 Å². The molecule has 4 nitrogen and oxygen atoms in total. The molecule has 0 amide bonds. The van der Waals surface area contributed by atoms with Crippen LogP contribution in [0.2, 0.25) is 0 Å². The van der Waals surface area contributed by atoms with Gasteiger partial charge in [-0.05, 0) is 5.46 Å². The number of rotatable bonds is 2. The SMILES string of the molecule is COc1ncc(BO)cn1. The van der Waals surface area contributed by atoms with Crippen molar-refractivity contribution in [2.75, 3.05) is 7.11 Å². The first-order valence-electron chi connectivity index (χ1n) is 2.82. The zero-order valence-electron chi connectivity index (χ0n) is 5.61. The molecule has 0 unspecified atom stereocenters. The quantitative estimate of drug-likeness (QED) is 0.503. The van der Waals surface area contributed by atoms with E-state index in [4.69, 9.17) is 9.76 Å². The van der Waals surface area contributed by atoms with Crippen LogP contribution in [0.3, 0.4) is 0 Å². The third kappa shape index (κ3) is 1.45. The largest absolute Gasteiger partial charge is 0.467 e. The van der Waals surface area contributed by atoms with Crippen LogP contribution in [0.15, 0.2) is 12.4 Å². The lowest BCUT2D eigenvalue weighted by Crippen LogP contribution is -2.14. The van der Waals surface area contributed by atoms with Gasteiger partial charge in [0.1, 0.15) is 0 Å². The second kappa shape index (κ2) is 3.17. The molecule has 0 aliphatic heterocycles. The van der Waals surface area contributed by atoms with Gasteiger partial charge in [-0.25, -0.2) is 9.97 Å². The lowest BCUT2D eigenvalue weighted by atomic mass is 9.92. The van der Waals surface area contributed by atoms with E-state index in [-0.39, 0.29) is 7.48 Å². The lowest BCUT2D eigenvalue weighted by Gasteiger charge is -1.95. The maximum absolute atomic E-state index is 8.58. The number of aromatic nitrogens is 2. The second-order valence-electron chi connectivity index (χ2n) is 1.74. The average molecular weight is 138 g/mol. The summed E-state index contributed by atoms with van der Waals surface area (Å²) in [6.45, 7) is 0. The molecule has 1 aromatic heterocycles. The Bertz CT molecular complexity index is 178. The van der Waals surface area contributed by atoms with E-state index in [2.05, 4.69) is 9.97 Å². The highest BCUT2D eigenvalue weighted by Crippen LogP contribution is 1.92. The van der Waals surface area contributed by atoms with Crippen LogP contribution in [0.1, 0.15) is 0 Å². The van der Waals surface area contributed by atoms with Crippen LogP contribution >= 0.6 is 0 Å². The summed E-state index contributed by atoms with van der Waals surface area (Å²) in [6.07, 6.45) is 3.04. The zero-order chi connectivity index (χ0) is 7.40. The Labute approximate surface area is 59.2 Å². The Hall–Kier alpha value is -1.10. The first kappa shape index (κ1) is 7.02. The van der Waals surface area contributed by atoms with Gasteiger partial charge in [-0.15, -0.1) is 0 Å². The highest BCUT2D eigenvalue weighted by molar-refractivity contribution is 6.45. The van der Waals surface area contributed by atoms with Gasteiger partial charge in [0.2, 0.25) is 0 Å². The van der Waals surface area contributed by atoms with Crippen LogP contribution in [0, 0.1) is 0 Å². The van der Waals surface area contributed by atoms with Gasteiger partial charge >= 0.3 is 13.5 Å². The summed E-state index contributed by atoms with van der Waals surface area (Å²) in [7, 11) is 1.46. The van der Waals surface area contributed by atoms with Crippen molar-refractivity contribution in [1.29, 1.82) is 0 Å². The highest BCUT2D eigenvalue weighted by atomic mass is 16.5. The molecule has 0 spiro atoms. The molecule has 5 heteroatoms. The topological polar surface area (TPSA) is 55.2 Å². The summed E-state index contributed by atoms with van der Waals surface area (Å²) in [5, 5.41) is 8.58. The van der Waals surface area contributed by atoms with Crippen molar-refractivity contribution in [2.24, 2.45) is 0 Å². The van der Waals surface area contributed by atoms with Gasteiger partial charge in [-0.3, -0.25) is 0 Å². The molecule has 1 N–H and O–H groups in total. The summed E-state index contributed by atoms with van der Waals surface area (Å²) in [4.78, 5) is 7.55. The van der Waals surface area contributed by atoms with Crippen molar-refractivity contribution in [2.45, 2.75) is 0 Å². The standard InChI is InChI=1S/C5H7BN2O2/c1-10-5-7-2-4(6-9)3-8-5/h2-3,6,9H,1H3. The van der Waals surface area contributed by atoms with Crippen LogP contribution in [-0.4, -0.2) is 29.6 Å². The van der Waals surface area contributed by atoms with Crippen molar-refractivity contribution in [3.63, 3.8) is 0 Å². The van der Waals surface area contributed by atoms with Crippen LogP contribution in [-0.2, 0) is 0 Å². The third-order valence-corrected chi connectivity index (χ3v) is 1.05. The predicted molar refractivity (Wildman–Crippen MR) is 37.6 cm³/mol. The van der Waals surface area contributed by atoms with E-state index in [1.54, 1.807) is 0 Å². The van der Waals surface area contributed by atoms with Crippen molar-refractivity contribution >= 4 is 12.9 Å². The average Bonchev–Trinajstić information content (AvgIpc) is 2.05. The molecule has 0 radical (unpaired) electrons. The number of methoxy groups -OCH3 is 1. The van der Waals surface area contributed by atoms with Crippen LogP contribution < -0.4 is 10.2 Å². The smallest absolute Gasteiger partial charge is 0.315 e. The molecule has 0 saturated heterocycles. The molecule has 1 heterocycles. The van der Waals surface area contributed by atoms with Crippen LogP contribution in [0.25, 0.3) is 0 Å². The Balaban J connectivity index is 2.80. The molecule has 0 saturated carbocycles. The number of hydrogen-bond acceptors (Lipinski definition) is 4. The minimum Gasteiger partial charge on any atom is -0.467 e. The van der Waals surface area contributed by atoms with Crippen molar-refractivity contribution in [3.8, 4) is 6.01 Å². The summed E-state index contributed by atoms with van der Waals surface area (Å²) in [6, 6.07) is 0.317. The third-order valence-electron chi connectivity index (χ3n) is 1.05. The monoisotopic (exact) mass is 138 g/mol. The van der Waals surface area contributed by atoms with E-state index < -0.39 is 0 Å². The summed E-state index contributed by atoms with van der Waals surface area (Å²) in [5.41, 5.74) is 0.681. The molecule has 0 fully saturated rings. The minimum atomic E-state index is -0.0377. The summed E-state index contributed by atoms with van der Waals surface area (Å²) >= 11 is 0. The Morgan fingerprint density at radius 1 is 1.50 bits per heavy atom. The maximum atomic E-state index is 8.58. The summed E-state index contributed by atoms with van der Waals surface area (Å²) in [5.74, 6) is 0. The minimum absolute atomic E-state index is 0.0377. The molecule has 10 heavy (non-hydrogen) atoms. The number of hydrogen-bond donors (Lipinski definition) is 1. The first-order chi connectivity index (χ1) is 4.86. The second-order valence-corrected chi connectivity index (χ2v) is 1.74. The first-order valence-corrected chi connectivity index (χ1v) is 2.82. The molecular weight excluding hydrogens is 131 g/mol. The van der Waals surface area contributed by atoms with Gasteiger partial charge in [0.15, 0.2) is 0 Å². The lowest BCUT2D eigenvalue weighted by molar-refractivity contribution is 0.380. The maximum Gasteiger partial charge on any atom is 0.315 e. The Morgan fingerprint density at radius 3 is 2.50 bits per heavy atom. The summed E-state index contributed by atoms with van der Waals surface area (Å²) < 4.78 is 4.71. The van der Waals surface area contributed by atoms with Crippen molar-refractivity contribution in [3.05, 3.63) is 12.4 Å². The molecule has 1 aromatic rings. The van der Waals surface area contributed by atoms with Crippen molar-refractivity contribution < 1.29 is 9.76 Å². The Morgan fingerprint density at radius 2 is 2.10 bits per heavy atom. The number of nitrogens with zero attached hydrogens (tertiary/aromatic N) is 2. The molecule has 1 rings (SSSR count). The van der Waals surface area contributed by atoms with Gasteiger partial charge in [-0.2, -0.15) is 0 Å². The normalized spacial score (nSPS) is 9.00. The van der Waals surface area contributed by atoms with Gasteiger partial charge in [0.05, 0.1) is 7.11 Å². The highest BCUT2D eigenvalue weighted by Gasteiger charge is 1.94. The molecule has 0 bridgehead atoms. The fourth-order valence-corrected chi connectivity index (χ4v) is 0.530. The molecule has 0 aromatic carbocycles. The van der Waals surface area contributed by atoms with Gasteiger partial charge in [0, 0.05) is 12.4 Å².